The quantitative estimate of drug-likeness (QED) is 0.733. The van der Waals surface area contributed by atoms with Crippen LogP contribution in [0, 0.1) is 6.92 Å². The van der Waals surface area contributed by atoms with Crippen LogP contribution in [-0.4, -0.2) is 35.8 Å². The SMILES string of the molecule is Cc1nc(CCNCCOc2ccc(C(=O)O)cc2)cs1. The van der Waals surface area contributed by atoms with Crippen molar-refractivity contribution in [2.24, 2.45) is 0 Å². The van der Waals surface area contributed by atoms with Crippen LogP contribution in [0.4, 0.5) is 0 Å². The van der Waals surface area contributed by atoms with Crippen molar-refractivity contribution in [1.29, 1.82) is 0 Å². The van der Waals surface area contributed by atoms with Crippen LogP contribution in [-0.2, 0) is 6.42 Å². The molecule has 2 N–H and O–H groups in total. The van der Waals surface area contributed by atoms with Crippen molar-refractivity contribution in [1.82, 2.24) is 10.3 Å². The molecule has 0 fully saturated rings. The van der Waals surface area contributed by atoms with E-state index in [9.17, 15) is 4.79 Å². The van der Waals surface area contributed by atoms with Crippen LogP contribution in [0.2, 0.25) is 0 Å². The fourth-order valence-electron chi connectivity index (χ4n) is 1.80. The lowest BCUT2D eigenvalue weighted by atomic mass is 10.2. The molecule has 5 nitrogen and oxygen atoms in total. The lowest BCUT2D eigenvalue weighted by Crippen LogP contribution is -2.23. The van der Waals surface area contributed by atoms with E-state index < -0.39 is 5.97 Å². The molecule has 0 aliphatic carbocycles. The molecule has 21 heavy (non-hydrogen) atoms. The van der Waals surface area contributed by atoms with Gasteiger partial charge in [0.1, 0.15) is 12.4 Å². The summed E-state index contributed by atoms with van der Waals surface area (Å²) in [6.07, 6.45) is 0.914. The number of nitrogens with one attached hydrogen (secondary N) is 1. The molecule has 0 unspecified atom stereocenters. The number of aromatic carboxylic acids is 1. The molecule has 0 atom stereocenters. The highest BCUT2D eigenvalue weighted by molar-refractivity contribution is 7.09. The average Bonchev–Trinajstić information content (AvgIpc) is 2.89. The fourth-order valence-corrected chi connectivity index (χ4v) is 2.45. The Hall–Kier alpha value is -1.92. The number of ether oxygens (including phenoxy) is 1. The van der Waals surface area contributed by atoms with Gasteiger partial charge in [-0.2, -0.15) is 0 Å². The molecule has 0 aliphatic heterocycles. The van der Waals surface area contributed by atoms with Crippen molar-refractivity contribution in [2.75, 3.05) is 19.7 Å². The van der Waals surface area contributed by atoms with Crippen molar-refractivity contribution >= 4 is 17.3 Å². The number of thiazole rings is 1. The highest BCUT2D eigenvalue weighted by atomic mass is 32.1. The molecular formula is C15H18N2O3S. The summed E-state index contributed by atoms with van der Waals surface area (Å²) in [6, 6.07) is 6.41. The summed E-state index contributed by atoms with van der Waals surface area (Å²) in [5.74, 6) is -0.252. The Morgan fingerprint density at radius 3 is 2.71 bits per heavy atom. The van der Waals surface area contributed by atoms with Gasteiger partial charge >= 0.3 is 5.97 Å². The van der Waals surface area contributed by atoms with Gasteiger partial charge in [0, 0.05) is 24.9 Å². The van der Waals surface area contributed by atoms with Gasteiger partial charge in [0.05, 0.1) is 16.3 Å². The van der Waals surface area contributed by atoms with E-state index in [1.165, 1.54) is 12.1 Å². The maximum atomic E-state index is 10.7. The first-order valence-electron chi connectivity index (χ1n) is 6.73. The van der Waals surface area contributed by atoms with E-state index in [1.807, 2.05) is 6.92 Å². The standard InChI is InChI=1S/C15H18N2O3S/c1-11-17-13(10-21-11)6-7-16-8-9-20-14-4-2-12(3-5-14)15(18)19/h2-5,10,16H,6-9H2,1H3,(H,18,19). The van der Waals surface area contributed by atoms with Gasteiger partial charge in [0.2, 0.25) is 0 Å². The van der Waals surface area contributed by atoms with Crippen LogP contribution >= 0.6 is 11.3 Å². The molecule has 0 amide bonds. The zero-order valence-corrected chi connectivity index (χ0v) is 12.7. The topological polar surface area (TPSA) is 71.5 Å². The lowest BCUT2D eigenvalue weighted by Gasteiger charge is -2.07. The zero-order chi connectivity index (χ0) is 15.1. The Kier molecular flexibility index (Phi) is 5.71. The van der Waals surface area contributed by atoms with E-state index in [4.69, 9.17) is 9.84 Å². The number of nitrogens with zero attached hydrogens (tertiary/aromatic N) is 1. The summed E-state index contributed by atoms with van der Waals surface area (Å²) < 4.78 is 5.53. The molecule has 0 saturated heterocycles. The fraction of sp³-hybridized carbons (Fsp3) is 0.333. The van der Waals surface area contributed by atoms with Gasteiger partial charge < -0.3 is 15.2 Å². The summed E-state index contributed by atoms with van der Waals surface area (Å²) >= 11 is 1.67. The second kappa shape index (κ2) is 7.75. The third kappa shape index (κ3) is 5.17. The van der Waals surface area contributed by atoms with Gasteiger partial charge in [-0.25, -0.2) is 9.78 Å². The first-order valence-corrected chi connectivity index (χ1v) is 7.61. The number of carboxylic acids is 1. The summed E-state index contributed by atoms with van der Waals surface area (Å²) in [6.45, 7) is 4.15. The van der Waals surface area contributed by atoms with Crippen molar-refractivity contribution in [2.45, 2.75) is 13.3 Å². The molecule has 112 valence electrons. The summed E-state index contributed by atoms with van der Waals surface area (Å²) in [4.78, 5) is 15.1. The molecule has 0 saturated carbocycles. The van der Waals surface area contributed by atoms with Crippen LogP contribution < -0.4 is 10.1 Å². The summed E-state index contributed by atoms with van der Waals surface area (Å²) in [7, 11) is 0. The average molecular weight is 306 g/mol. The molecule has 1 aromatic heterocycles. The number of carboxylic acid groups (broad SMARTS) is 1. The number of carbonyl (C=O) groups is 1. The third-order valence-corrected chi connectivity index (χ3v) is 3.70. The molecule has 1 heterocycles. The lowest BCUT2D eigenvalue weighted by molar-refractivity contribution is 0.0697. The number of aromatic nitrogens is 1. The highest BCUT2D eigenvalue weighted by Crippen LogP contribution is 2.11. The number of hydrogen-bond donors (Lipinski definition) is 2. The molecule has 1 aromatic carbocycles. The van der Waals surface area contributed by atoms with Crippen LogP contribution in [0.1, 0.15) is 21.1 Å². The van der Waals surface area contributed by atoms with Crippen LogP contribution in [0.15, 0.2) is 29.6 Å². The Morgan fingerprint density at radius 2 is 2.10 bits per heavy atom. The Morgan fingerprint density at radius 1 is 1.33 bits per heavy atom. The van der Waals surface area contributed by atoms with E-state index in [1.54, 1.807) is 23.5 Å². The van der Waals surface area contributed by atoms with Crippen LogP contribution in [0.5, 0.6) is 5.75 Å². The van der Waals surface area contributed by atoms with E-state index in [2.05, 4.69) is 15.7 Å². The summed E-state index contributed by atoms with van der Waals surface area (Å²) in [5, 5.41) is 15.3. The van der Waals surface area contributed by atoms with Gasteiger partial charge in [-0.3, -0.25) is 0 Å². The van der Waals surface area contributed by atoms with E-state index in [0.717, 1.165) is 30.2 Å². The second-order valence-corrected chi connectivity index (χ2v) is 5.60. The minimum Gasteiger partial charge on any atom is -0.492 e. The van der Waals surface area contributed by atoms with Gasteiger partial charge in [-0.15, -0.1) is 11.3 Å². The largest absolute Gasteiger partial charge is 0.492 e. The first-order chi connectivity index (χ1) is 10.1. The Bertz CT molecular complexity index is 581. The predicted octanol–water partition coefficient (Wildman–Crippen LogP) is 2.36. The molecule has 2 aromatic rings. The van der Waals surface area contributed by atoms with Crippen molar-refractivity contribution in [3.8, 4) is 5.75 Å². The molecule has 0 aliphatic rings. The van der Waals surface area contributed by atoms with Crippen molar-refractivity contribution in [3.63, 3.8) is 0 Å². The van der Waals surface area contributed by atoms with Crippen molar-refractivity contribution in [3.05, 3.63) is 45.9 Å². The van der Waals surface area contributed by atoms with E-state index in [0.29, 0.717) is 12.4 Å². The summed E-state index contributed by atoms with van der Waals surface area (Å²) in [5.41, 5.74) is 1.38. The van der Waals surface area contributed by atoms with Gasteiger partial charge in [0.15, 0.2) is 0 Å². The van der Waals surface area contributed by atoms with Gasteiger partial charge in [0.25, 0.3) is 0 Å². The monoisotopic (exact) mass is 306 g/mol. The van der Waals surface area contributed by atoms with E-state index >= 15 is 0 Å². The maximum Gasteiger partial charge on any atom is 0.335 e. The minimum absolute atomic E-state index is 0.263. The first kappa shape index (κ1) is 15.5. The molecular weight excluding hydrogens is 288 g/mol. The van der Waals surface area contributed by atoms with Gasteiger partial charge in [-0.1, -0.05) is 0 Å². The number of rotatable bonds is 8. The Balaban J connectivity index is 1.60. The van der Waals surface area contributed by atoms with Crippen molar-refractivity contribution < 1.29 is 14.6 Å². The normalized spacial score (nSPS) is 10.5. The van der Waals surface area contributed by atoms with Crippen LogP contribution in [0.3, 0.4) is 0 Å². The van der Waals surface area contributed by atoms with Crippen LogP contribution in [0.25, 0.3) is 0 Å². The minimum atomic E-state index is -0.930. The van der Waals surface area contributed by atoms with Gasteiger partial charge in [-0.05, 0) is 31.2 Å². The molecule has 6 heteroatoms. The highest BCUT2D eigenvalue weighted by Gasteiger charge is 2.02. The smallest absolute Gasteiger partial charge is 0.335 e. The number of hydrogen-bond acceptors (Lipinski definition) is 5. The number of aryl methyl sites for hydroxylation is 1. The molecule has 0 radical (unpaired) electrons. The zero-order valence-electron chi connectivity index (χ0n) is 11.8. The maximum absolute atomic E-state index is 10.7. The predicted molar refractivity (Wildman–Crippen MR) is 82.3 cm³/mol. The third-order valence-electron chi connectivity index (χ3n) is 2.87. The molecule has 0 bridgehead atoms. The van der Waals surface area contributed by atoms with E-state index in [-0.39, 0.29) is 5.56 Å². The second-order valence-electron chi connectivity index (χ2n) is 4.54. The molecule has 2 rings (SSSR count). The number of benzene rings is 1. The Labute approximate surface area is 127 Å². The molecule has 0 spiro atoms.